The van der Waals surface area contributed by atoms with E-state index in [1.165, 1.54) is 0 Å². The van der Waals surface area contributed by atoms with Gasteiger partial charge in [-0.25, -0.2) is 0 Å². The average molecular weight is 275 g/mol. The quantitative estimate of drug-likeness (QED) is 0.842. The Hall–Kier alpha value is -1.81. The standard InChI is InChI=1S/C15H17NO2S/c1-3-18-13-8-11(16)9-15(10-13)19-14-6-4-12(17-2)5-7-14/h4-10H,3,16H2,1-2H3. The maximum atomic E-state index is 5.88. The van der Waals surface area contributed by atoms with Crippen molar-refractivity contribution in [3.8, 4) is 11.5 Å². The minimum Gasteiger partial charge on any atom is -0.497 e. The van der Waals surface area contributed by atoms with Gasteiger partial charge in [0.2, 0.25) is 0 Å². The summed E-state index contributed by atoms with van der Waals surface area (Å²) in [6, 6.07) is 13.7. The molecular weight excluding hydrogens is 258 g/mol. The lowest BCUT2D eigenvalue weighted by Crippen LogP contribution is -1.93. The Morgan fingerprint density at radius 2 is 1.74 bits per heavy atom. The fourth-order valence-corrected chi connectivity index (χ4v) is 2.60. The second-order valence-electron chi connectivity index (χ2n) is 3.95. The number of nitrogens with two attached hydrogens (primary N) is 1. The zero-order valence-corrected chi connectivity index (χ0v) is 11.9. The van der Waals surface area contributed by atoms with Crippen LogP contribution >= 0.6 is 11.8 Å². The van der Waals surface area contributed by atoms with Gasteiger partial charge in [0.1, 0.15) is 11.5 Å². The molecule has 0 bridgehead atoms. The highest BCUT2D eigenvalue weighted by molar-refractivity contribution is 7.99. The van der Waals surface area contributed by atoms with Gasteiger partial charge in [0.05, 0.1) is 13.7 Å². The van der Waals surface area contributed by atoms with E-state index >= 15 is 0 Å². The summed E-state index contributed by atoms with van der Waals surface area (Å²) in [6.45, 7) is 2.59. The molecule has 0 saturated heterocycles. The zero-order chi connectivity index (χ0) is 13.7. The molecule has 0 unspecified atom stereocenters. The molecule has 2 aromatic rings. The van der Waals surface area contributed by atoms with Crippen LogP contribution in [0, 0.1) is 0 Å². The van der Waals surface area contributed by atoms with E-state index in [-0.39, 0.29) is 0 Å². The number of ether oxygens (including phenoxy) is 2. The third-order valence-electron chi connectivity index (χ3n) is 2.51. The number of nitrogen functional groups attached to an aromatic ring is 1. The molecule has 0 aliphatic heterocycles. The third kappa shape index (κ3) is 3.83. The van der Waals surface area contributed by atoms with Crippen molar-refractivity contribution in [3.63, 3.8) is 0 Å². The minimum atomic E-state index is 0.635. The van der Waals surface area contributed by atoms with E-state index < -0.39 is 0 Å². The number of methoxy groups -OCH3 is 1. The molecule has 4 heteroatoms. The Labute approximate surface area is 117 Å². The first-order valence-corrected chi connectivity index (χ1v) is 6.88. The van der Waals surface area contributed by atoms with Crippen molar-refractivity contribution in [1.82, 2.24) is 0 Å². The van der Waals surface area contributed by atoms with Crippen molar-refractivity contribution in [1.29, 1.82) is 0 Å². The highest BCUT2D eigenvalue weighted by Gasteiger charge is 2.03. The second kappa shape index (κ2) is 6.38. The SMILES string of the molecule is CCOc1cc(N)cc(Sc2ccc(OC)cc2)c1. The Morgan fingerprint density at radius 3 is 2.37 bits per heavy atom. The number of benzene rings is 2. The molecule has 0 aliphatic carbocycles. The number of anilines is 1. The van der Waals surface area contributed by atoms with Crippen molar-refractivity contribution >= 4 is 17.4 Å². The highest BCUT2D eigenvalue weighted by Crippen LogP contribution is 2.33. The monoisotopic (exact) mass is 275 g/mol. The number of rotatable bonds is 5. The van der Waals surface area contributed by atoms with Gasteiger partial charge >= 0.3 is 0 Å². The molecule has 2 rings (SSSR count). The van der Waals surface area contributed by atoms with E-state index in [9.17, 15) is 0 Å². The molecule has 0 aromatic heterocycles. The van der Waals surface area contributed by atoms with E-state index in [0.29, 0.717) is 12.3 Å². The number of hydrogen-bond donors (Lipinski definition) is 1. The van der Waals surface area contributed by atoms with Gasteiger partial charge in [-0.05, 0) is 43.3 Å². The van der Waals surface area contributed by atoms with E-state index in [0.717, 1.165) is 21.3 Å². The number of hydrogen-bond acceptors (Lipinski definition) is 4. The lowest BCUT2D eigenvalue weighted by atomic mass is 10.3. The van der Waals surface area contributed by atoms with Crippen LogP contribution in [0.15, 0.2) is 52.3 Å². The predicted octanol–water partition coefficient (Wildman–Crippen LogP) is 3.83. The van der Waals surface area contributed by atoms with Crippen molar-refractivity contribution in [2.75, 3.05) is 19.5 Å². The summed E-state index contributed by atoms with van der Waals surface area (Å²) in [5.41, 5.74) is 6.59. The summed E-state index contributed by atoms with van der Waals surface area (Å²) in [7, 11) is 1.66. The first kappa shape index (κ1) is 13.6. The lowest BCUT2D eigenvalue weighted by Gasteiger charge is -2.08. The van der Waals surface area contributed by atoms with Crippen LogP contribution in [0.2, 0.25) is 0 Å². The van der Waals surface area contributed by atoms with Crippen LogP contribution in [0.5, 0.6) is 11.5 Å². The van der Waals surface area contributed by atoms with Crippen molar-refractivity contribution in [3.05, 3.63) is 42.5 Å². The zero-order valence-electron chi connectivity index (χ0n) is 11.1. The molecule has 19 heavy (non-hydrogen) atoms. The van der Waals surface area contributed by atoms with Gasteiger partial charge < -0.3 is 15.2 Å². The summed E-state index contributed by atoms with van der Waals surface area (Å²) >= 11 is 1.65. The molecule has 0 fully saturated rings. The Morgan fingerprint density at radius 1 is 1.00 bits per heavy atom. The van der Waals surface area contributed by atoms with Crippen LogP contribution in [0.25, 0.3) is 0 Å². The molecule has 0 saturated carbocycles. The van der Waals surface area contributed by atoms with Crippen LogP contribution in [-0.4, -0.2) is 13.7 Å². The van der Waals surface area contributed by atoms with Crippen LogP contribution in [0.3, 0.4) is 0 Å². The molecule has 3 nitrogen and oxygen atoms in total. The first-order valence-electron chi connectivity index (χ1n) is 6.06. The smallest absolute Gasteiger partial charge is 0.122 e. The van der Waals surface area contributed by atoms with Gasteiger partial charge in [-0.1, -0.05) is 11.8 Å². The lowest BCUT2D eigenvalue weighted by molar-refractivity contribution is 0.339. The summed E-state index contributed by atoms with van der Waals surface area (Å²) in [5.74, 6) is 1.66. The molecule has 100 valence electrons. The first-order chi connectivity index (χ1) is 9.21. The molecular formula is C15H17NO2S. The molecule has 0 atom stereocenters. The maximum absolute atomic E-state index is 5.88. The summed E-state index contributed by atoms with van der Waals surface area (Å²) in [6.07, 6.45) is 0. The molecule has 2 aromatic carbocycles. The Balaban J connectivity index is 2.17. The fraction of sp³-hybridized carbons (Fsp3) is 0.200. The predicted molar refractivity (Wildman–Crippen MR) is 79.1 cm³/mol. The van der Waals surface area contributed by atoms with Gasteiger partial charge in [0, 0.05) is 21.5 Å². The Kier molecular flexibility index (Phi) is 4.58. The molecule has 0 spiro atoms. The molecule has 2 N–H and O–H groups in total. The van der Waals surface area contributed by atoms with Crippen LogP contribution in [0.4, 0.5) is 5.69 Å². The van der Waals surface area contributed by atoms with Gasteiger partial charge in [0.15, 0.2) is 0 Å². The molecule has 0 radical (unpaired) electrons. The average Bonchev–Trinajstić information content (AvgIpc) is 2.39. The topological polar surface area (TPSA) is 44.5 Å². The third-order valence-corrected chi connectivity index (χ3v) is 3.49. The van der Waals surface area contributed by atoms with Gasteiger partial charge in [-0.15, -0.1) is 0 Å². The molecule has 0 aliphatic rings. The van der Waals surface area contributed by atoms with E-state index in [1.807, 2.05) is 49.4 Å². The molecule has 0 heterocycles. The van der Waals surface area contributed by atoms with Gasteiger partial charge in [0.25, 0.3) is 0 Å². The second-order valence-corrected chi connectivity index (χ2v) is 5.10. The summed E-state index contributed by atoms with van der Waals surface area (Å²) in [5, 5.41) is 0. The van der Waals surface area contributed by atoms with Crippen LogP contribution in [-0.2, 0) is 0 Å². The van der Waals surface area contributed by atoms with E-state index in [2.05, 4.69) is 0 Å². The fourth-order valence-electron chi connectivity index (χ4n) is 1.68. The van der Waals surface area contributed by atoms with Crippen molar-refractivity contribution in [2.24, 2.45) is 0 Å². The van der Waals surface area contributed by atoms with E-state index in [4.69, 9.17) is 15.2 Å². The Bertz CT molecular complexity index is 540. The normalized spacial score (nSPS) is 10.2. The summed E-state index contributed by atoms with van der Waals surface area (Å²) in [4.78, 5) is 2.20. The largest absolute Gasteiger partial charge is 0.497 e. The maximum Gasteiger partial charge on any atom is 0.122 e. The van der Waals surface area contributed by atoms with Gasteiger partial charge in [-0.2, -0.15) is 0 Å². The highest BCUT2D eigenvalue weighted by atomic mass is 32.2. The minimum absolute atomic E-state index is 0.635. The van der Waals surface area contributed by atoms with E-state index in [1.54, 1.807) is 18.9 Å². The van der Waals surface area contributed by atoms with Crippen LogP contribution < -0.4 is 15.2 Å². The van der Waals surface area contributed by atoms with Crippen molar-refractivity contribution < 1.29 is 9.47 Å². The summed E-state index contributed by atoms with van der Waals surface area (Å²) < 4.78 is 10.6. The van der Waals surface area contributed by atoms with Crippen LogP contribution in [0.1, 0.15) is 6.92 Å². The van der Waals surface area contributed by atoms with Crippen molar-refractivity contribution in [2.45, 2.75) is 16.7 Å². The van der Waals surface area contributed by atoms with Gasteiger partial charge in [-0.3, -0.25) is 0 Å². The molecule has 0 amide bonds.